The molecule has 18 heavy (non-hydrogen) atoms. The molecule has 3 nitrogen and oxygen atoms in total. The van der Waals surface area contributed by atoms with Crippen LogP contribution in [-0.2, 0) is 6.54 Å². The van der Waals surface area contributed by atoms with Gasteiger partial charge in [-0.2, -0.15) is 0 Å². The van der Waals surface area contributed by atoms with Crippen molar-refractivity contribution in [3.05, 3.63) is 52.2 Å². The van der Waals surface area contributed by atoms with Gasteiger partial charge < -0.3 is 10.5 Å². The molecule has 0 atom stereocenters. The molecule has 1 heterocycles. The number of aromatic nitrogens is 1. The minimum Gasteiger partial charge on any atom is -0.438 e. The number of hydrogen-bond acceptors (Lipinski definition) is 3. The van der Waals surface area contributed by atoms with E-state index in [0.717, 1.165) is 22.6 Å². The third kappa shape index (κ3) is 2.81. The molecule has 2 N–H and O–H groups in total. The molecule has 0 bridgehead atoms. The van der Waals surface area contributed by atoms with Crippen molar-refractivity contribution in [3.8, 4) is 11.6 Å². The minimum absolute atomic E-state index is 0.398. The monoisotopic (exact) mass is 262 g/mol. The van der Waals surface area contributed by atoms with Gasteiger partial charge in [-0.3, -0.25) is 0 Å². The van der Waals surface area contributed by atoms with Crippen molar-refractivity contribution in [3.63, 3.8) is 0 Å². The number of nitrogens with two attached hydrogens (primary N) is 1. The molecular formula is C14H15ClN2O. The standard InChI is InChI=1S/C14H15ClN2O/c1-9-7-12(15)5-6-13(9)18-14-11(8-16)4-3-10(2)17-14/h3-7H,8,16H2,1-2H3. The van der Waals surface area contributed by atoms with Crippen molar-refractivity contribution in [2.24, 2.45) is 5.73 Å². The molecule has 94 valence electrons. The van der Waals surface area contributed by atoms with Gasteiger partial charge in [-0.1, -0.05) is 17.7 Å². The normalized spacial score (nSPS) is 10.4. The fourth-order valence-electron chi connectivity index (χ4n) is 1.64. The van der Waals surface area contributed by atoms with Crippen LogP contribution in [0.15, 0.2) is 30.3 Å². The highest BCUT2D eigenvalue weighted by Crippen LogP contribution is 2.28. The molecule has 0 saturated carbocycles. The first-order chi connectivity index (χ1) is 8.60. The lowest BCUT2D eigenvalue weighted by Gasteiger charge is -2.11. The van der Waals surface area contributed by atoms with E-state index in [1.807, 2.05) is 38.1 Å². The molecule has 0 unspecified atom stereocenters. The zero-order chi connectivity index (χ0) is 13.1. The second kappa shape index (κ2) is 5.38. The van der Waals surface area contributed by atoms with Crippen molar-refractivity contribution in [2.45, 2.75) is 20.4 Å². The van der Waals surface area contributed by atoms with E-state index >= 15 is 0 Å². The average Bonchev–Trinajstić information content (AvgIpc) is 2.33. The van der Waals surface area contributed by atoms with Crippen LogP contribution >= 0.6 is 11.6 Å². The summed E-state index contributed by atoms with van der Waals surface area (Å²) in [6.07, 6.45) is 0. The van der Waals surface area contributed by atoms with E-state index in [0.29, 0.717) is 17.4 Å². The summed E-state index contributed by atoms with van der Waals surface area (Å²) in [7, 11) is 0. The number of aryl methyl sites for hydroxylation is 2. The largest absolute Gasteiger partial charge is 0.438 e. The molecule has 2 rings (SSSR count). The number of rotatable bonds is 3. The lowest BCUT2D eigenvalue weighted by Crippen LogP contribution is -2.02. The predicted molar refractivity (Wildman–Crippen MR) is 73.1 cm³/mol. The smallest absolute Gasteiger partial charge is 0.223 e. The van der Waals surface area contributed by atoms with Gasteiger partial charge in [0.05, 0.1) is 0 Å². The van der Waals surface area contributed by atoms with Crippen LogP contribution in [0.3, 0.4) is 0 Å². The van der Waals surface area contributed by atoms with E-state index in [2.05, 4.69) is 4.98 Å². The number of pyridine rings is 1. The van der Waals surface area contributed by atoms with E-state index in [4.69, 9.17) is 22.1 Å². The van der Waals surface area contributed by atoms with Crippen LogP contribution in [0.25, 0.3) is 0 Å². The maximum absolute atomic E-state index is 5.91. The van der Waals surface area contributed by atoms with Gasteiger partial charge in [0, 0.05) is 22.8 Å². The lowest BCUT2D eigenvalue weighted by atomic mass is 10.2. The number of benzene rings is 1. The Labute approximate surface area is 112 Å². The number of hydrogen-bond donors (Lipinski definition) is 1. The van der Waals surface area contributed by atoms with E-state index in [1.54, 1.807) is 6.07 Å². The SMILES string of the molecule is Cc1ccc(CN)c(Oc2ccc(Cl)cc2C)n1. The van der Waals surface area contributed by atoms with Gasteiger partial charge in [0.2, 0.25) is 5.88 Å². The number of ether oxygens (including phenoxy) is 1. The highest BCUT2D eigenvalue weighted by molar-refractivity contribution is 6.30. The third-order valence-electron chi connectivity index (χ3n) is 2.64. The molecule has 0 aliphatic rings. The Morgan fingerprint density at radius 2 is 2.00 bits per heavy atom. The molecular weight excluding hydrogens is 248 g/mol. The molecule has 0 fully saturated rings. The topological polar surface area (TPSA) is 48.1 Å². The van der Waals surface area contributed by atoms with Gasteiger partial charge in [0.25, 0.3) is 0 Å². The summed E-state index contributed by atoms with van der Waals surface area (Å²) < 4.78 is 5.82. The van der Waals surface area contributed by atoms with Gasteiger partial charge in [-0.15, -0.1) is 0 Å². The van der Waals surface area contributed by atoms with Crippen LogP contribution in [0.1, 0.15) is 16.8 Å². The quantitative estimate of drug-likeness (QED) is 0.919. The predicted octanol–water partition coefficient (Wildman–Crippen LogP) is 3.60. The highest BCUT2D eigenvalue weighted by Gasteiger charge is 2.08. The maximum Gasteiger partial charge on any atom is 0.223 e. The van der Waals surface area contributed by atoms with E-state index in [1.165, 1.54) is 0 Å². The van der Waals surface area contributed by atoms with E-state index < -0.39 is 0 Å². The highest BCUT2D eigenvalue weighted by atomic mass is 35.5. The zero-order valence-corrected chi connectivity index (χ0v) is 11.2. The molecule has 0 amide bonds. The third-order valence-corrected chi connectivity index (χ3v) is 2.88. The van der Waals surface area contributed by atoms with Crippen LogP contribution in [0, 0.1) is 13.8 Å². The average molecular weight is 263 g/mol. The van der Waals surface area contributed by atoms with Crippen LogP contribution in [-0.4, -0.2) is 4.98 Å². The molecule has 0 saturated heterocycles. The number of halogens is 1. The van der Waals surface area contributed by atoms with Crippen LogP contribution in [0.2, 0.25) is 5.02 Å². The van der Waals surface area contributed by atoms with E-state index in [-0.39, 0.29) is 0 Å². The molecule has 4 heteroatoms. The Balaban J connectivity index is 2.36. The Kier molecular flexibility index (Phi) is 3.84. The molecule has 1 aromatic carbocycles. The summed E-state index contributed by atoms with van der Waals surface area (Å²) in [4.78, 5) is 4.37. The summed E-state index contributed by atoms with van der Waals surface area (Å²) >= 11 is 5.91. The van der Waals surface area contributed by atoms with Gasteiger partial charge in [-0.25, -0.2) is 4.98 Å². The second-order valence-electron chi connectivity index (χ2n) is 4.13. The van der Waals surface area contributed by atoms with Crippen molar-refractivity contribution in [1.82, 2.24) is 4.98 Å². The summed E-state index contributed by atoms with van der Waals surface area (Å²) in [5, 5.41) is 0.691. The van der Waals surface area contributed by atoms with Crippen molar-refractivity contribution >= 4 is 11.6 Å². The van der Waals surface area contributed by atoms with Crippen LogP contribution in [0.5, 0.6) is 11.6 Å². The maximum atomic E-state index is 5.91. The first-order valence-electron chi connectivity index (χ1n) is 5.70. The van der Waals surface area contributed by atoms with Crippen molar-refractivity contribution in [1.29, 1.82) is 0 Å². The van der Waals surface area contributed by atoms with Crippen LogP contribution in [0.4, 0.5) is 0 Å². The molecule has 0 spiro atoms. The summed E-state index contributed by atoms with van der Waals surface area (Å²) in [6, 6.07) is 9.34. The van der Waals surface area contributed by atoms with Crippen molar-refractivity contribution in [2.75, 3.05) is 0 Å². The van der Waals surface area contributed by atoms with Gasteiger partial charge in [0.15, 0.2) is 0 Å². The van der Waals surface area contributed by atoms with E-state index in [9.17, 15) is 0 Å². The van der Waals surface area contributed by atoms with Gasteiger partial charge >= 0.3 is 0 Å². The Morgan fingerprint density at radius 1 is 1.22 bits per heavy atom. The second-order valence-corrected chi connectivity index (χ2v) is 4.57. The Bertz CT molecular complexity index is 570. The Morgan fingerprint density at radius 3 is 2.67 bits per heavy atom. The summed E-state index contributed by atoms with van der Waals surface area (Å²) in [5.41, 5.74) is 8.42. The molecule has 0 radical (unpaired) electrons. The van der Waals surface area contributed by atoms with Crippen molar-refractivity contribution < 1.29 is 4.74 Å². The molecule has 0 aliphatic carbocycles. The van der Waals surface area contributed by atoms with Crippen LogP contribution < -0.4 is 10.5 Å². The minimum atomic E-state index is 0.398. The van der Waals surface area contributed by atoms with Gasteiger partial charge in [0.1, 0.15) is 5.75 Å². The first-order valence-corrected chi connectivity index (χ1v) is 6.08. The zero-order valence-electron chi connectivity index (χ0n) is 10.4. The first kappa shape index (κ1) is 12.9. The Hall–Kier alpha value is -1.58. The summed E-state index contributed by atoms with van der Waals surface area (Å²) in [5.74, 6) is 1.30. The fraction of sp³-hybridized carbons (Fsp3) is 0.214. The molecule has 1 aromatic heterocycles. The fourth-order valence-corrected chi connectivity index (χ4v) is 1.86. The summed E-state index contributed by atoms with van der Waals surface area (Å²) in [6.45, 7) is 4.26. The lowest BCUT2D eigenvalue weighted by molar-refractivity contribution is 0.452. The molecule has 2 aromatic rings. The molecule has 0 aliphatic heterocycles. The number of nitrogens with zero attached hydrogens (tertiary/aromatic N) is 1. The van der Waals surface area contributed by atoms with Gasteiger partial charge in [-0.05, 0) is 43.7 Å².